The van der Waals surface area contributed by atoms with E-state index in [4.69, 9.17) is 0 Å². The molecule has 1 heterocycles. The predicted molar refractivity (Wildman–Crippen MR) is 79.2 cm³/mol. The van der Waals surface area contributed by atoms with E-state index >= 15 is 0 Å². The van der Waals surface area contributed by atoms with Crippen LogP contribution in [0.1, 0.15) is 44.9 Å². The van der Waals surface area contributed by atoms with Crippen LogP contribution in [0.15, 0.2) is 18.2 Å². The molecule has 3 nitrogen and oxygen atoms in total. The van der Waals surface area contributed by atoms with E-state index in [1.807, 2.05) is 6.07 Å². The molecule has 2 rings (SSSR count). The Bertz CT molecular complexity index is 468. The SMILES string of the molecule is CCNC(c1ccc2c(c1)CC(=O)N2)C(C)C(C)C. The zero-order valence-electron chi connectivity index (χ0n) is 12.3. The van der Waals surface area contributed by atoms with Crippen LogP contribution >= 0.6 is 0 Å². The van der Waals surface area contributed by atoms with Gasteiger partial charge in [0.15, 0.2) is 0 Å². The molecule has 0 saturated heterocycles. The second-order valence-corrected chi connectivity index (χ2v) is 5.78. The highest BCUT2D eigenvalue weighted by Gasteiger charge is 2.24. The number of benzene rings is 1. The number of amides is 1. The Morgan fingerprint density at radius 2 is 2.05 bits per heavy atom. The molecule has 2 N–H and O–H groups in total. The average Bonchev–Trinajstić information content (AvgIpc) is 2.74. The number of rotatable bonds is 5. The maximum atomic E-state index is 11.4. The van der Waals surface area contributed by atoms with Crippen molar-refractivity contribution in [1.82, 2.24) is 5.32 Å². The molecule has 0 spiro atoms. The van der Waals surface area contributed by atoms with Crippen LogP contribution in [0.2, 0.25) is 0 Å². The van der Waals surface area contributed by atoms with Crippen molar-refractivity contribution in [3.63, 3.8) is 0 Å². The van der Waals surface area contributed by atoms with Gasteiger partial charge in [-0.15, -0.1) is 0 Å². The van der Waals surface area contributed by atoms with E-state index in [1.54, 1.807) is 0 Å². The summed E-state index contributed by atoms with van der Waals surface area (Å²) in [7, 11) is 0. The van der Waals surface area contributed by atoms with Crippen molar-refractivity contribution in [3.8, 4) is 0 Å². The van der Waals surface area contributed by atoms with Crippen molar-refractivity contribution < 1.29 is 4.79 Å². The number of hydrogen-bond acceptors (Lipinski definition) is 2. The van der Waals surface area contributed by atoms with Crippen LogP contribution in [0.4, 0.5) is 5.69 Å². The molecule has 0 radical (unpaired) electrons. The Kier molecular flexibility index (Phi) is 4.25. The van der Waals surface area contributed by atoms with Crippen molar-refractivity contribution in [2.75, 3.05) is 11.9 Å². The van der Waals surface area contributed by atoms with Gasteiger partial charge >= 0.3 is 0 Å². The summed E-state index contributed by atoms with van der Waals surface area (Å²) < 4.78 is 0. The number of anilines is 1. The van der Waals surface area contributed by atoms with Crippen molar-refractivity contribution in [1.29, 1.82) is 0 Å². The molecular formula is C16H24N2O. The van der Waals surface area contributed by atoms with Gasteiger partial charge in [-0.1, -0.05) is 39.8 Å². The third kappa shape index (κ3) is 2.98. The first-order valence-corrected chi connectivity index (χ1v) is 7.19. The lowest BCUT2D eigenvalue weighted by atomic mass is 9.85. The van der Waals surface area contributed by atoms with Gasteiger partial charge in [0.2, 0.25) is 5.91 Å². The average molecular weight is 260 g/mol. The van der Waals surface area contributed by atoms with Gasteiger partial charge in [-0.2, -0.15) is 0 Å². The number of hydrogen-bond donors (Lipinski definition) is 2. The first kappa shape index (κ1) is 14.1. The van der Waals surface area contributed by atoms with Gasteiger partial charge in [0, 0.05) is 11.7 Å². The van der Waals surface area contributed by atoms with Crippen LogP contribution in [0.25, 0.3) is 0 Å². The Hall–Kier alpha value is -1.35. The molecule has 0 fully saturated rings. The lowest BCUT2D eigenvalue weighted by Gasteiger charge is -2.28. The fourth-order valence-electron chi connectivity index (χ4n) is 2.65. The fourth-order valence-corrected chi connectivity index (χ4v) is 2.65. The van der Waals surface area contributed by atoms with Gasteiger partial charge in [-0.3, -0.25) is 4.79 Å². The molecular weight excluding hydrogens is 236 g/mol. The van der Waals surface area contributed by atoms with E-state index in [0.717, 1.165) is 17.8 Å². The molecule has 1 aromatic rings. The van der Waals surface area contributed by atoms with Crippen molar-refractivity contribution in [3.05, 3.63) is 29.3 Å². The quantitative estimate of drug-likeness (QED) is 0.854. The van der Waals surface area contributed by atoms with Gasteiger partial charge in [-0.05, 0) is 35.6 Å². The first-order chi connectivity index (χ1) is 9.02. The van der Waals surface area contributed by atoms with Gasteiger partial charge in [0.1, 0.15) is 0 Å². The topological polar surface area (TPSA) is 41.1 Å². The Balaban J connectivity index is 2.28. The number of fused-ring (bicyclic) bond motifs is 1. The minimum absolute atomic E-state index is 0.101. The van der Waals surface area contributed by atoms with Crippen molar-refractivity contribution in [2.24, 2.45) is 11.8 Å². The molecule has 2 unspecified atom stereocenters. The molecule has 0 bridgehead atoms. The summed E-state index contributed by atoms with van der Waals surface area (Å²) in [6, 6.07) is 6.70. The molecule has 0 aromatic heterocycles. The highest BCUT2D eigenvalue weighted by molar-refractivity contribution is 5.99. The predicted octanol–water partition coefficient (Wildman–Crippen LogP) is 3.12. The molecule has 1 aromatic carbocycles. The summed E-state index contributed by atoms with van der Waals surface area (Å²) in [6.07, 6.45) is 0.512. The van der Waals surface area contributed by atoms with E-state index in [9.17, 15) is 4.79 Å². The molecule has 1 amide bonds. The van der Waals surface area contributed by atoms with Crippen LogP contribution in [-0.4, -0.2) is 12.5 Å². The number of carbonyl (C=O) groups excluding carboxylic acids is 1. The lowest BCUT2D eigenvalue weighted by Crippen LogP contribution is -2.29. The minimum atomic E-state index is 0.101. The van der Waals surface area contributed by atoms with E-state index in [0.29, 0.717) is 24.3 Å². The first-order valence-electron chi connectivity index (χ1n) is 7.19. The number of nitrogens with one attached hydrogen (secondary N) is 2. The Labute approximate surface area is 115 Å². The maximum absolute atomic E-state index is 11.4. The summed E-state index contributed by atoms with van der Waals surface area (Å²) in [5.41, 5.74) is 3.39. The summed E-state index contributed by atoms with van der Waals surface area (Å²) in [6.45, 7) is 9.89. The van der Waals surface area contributed by atoms with E-state index in [2.05, 4.69) is 50.5 Å². The summed E-state index contributed by atoms with van der Waals surface area (Å²) in [5, 5.41) is 6.47. The fraction of sp³-hybridized carbons (Fsp3) is 0.562. The van der Waals surface area contributed by atoms with Gasteiger partial charge in [0.05, 0.1) is 6.42 Å². The highest BCUT2D eigenvalue weighted by atomic mass is 16.1. The zero-order chi connectivity index (χ0) is 14.0. The molecule has 19 heavy (non-hydrogen) atoms. The largest absolute Gasteiger partial charge is 0.326 e. The highest BCUT2D eigenvalue weighted by Crippen LogP contribution is 2.32. The Morgan fingerprint density at radius 1 is 1.32 bits per heavy atom. The third-order valence-corrected chi connectivity index (χ3v) is 4.11. The molecule has 2 atom stereocenters. The van der Waals surface area contributed by atoms with Gasteiger partial charge in [0.25, 0.3) is 0 Å². The van der Waals surface area contributed by atoms with E-state index < -0.39 is 0 Å². The second-order valence-electron chi connectivity index (χ2n) is 5.78. The molecule has 3 heteroatoms. The van der Waals surface area contributed by atoms with Crippen molar-refractivity contribution in [2.45, 2.75) is 40.2 Å². The van der Waals surface area contributed by atoms with Crippen LogP contribution in [0, 0.1) is 11.8 Å². The van der Waals surface area contributed by atoms with E-state index in [1.165, 1.54) is 5.56 Å². The second kappa shape index (κ2) is 5.74. The zero-order valence-corrected chi connectivity index (χ0v) is 12.3. The minimum Gasteiger partial charge on any atom is -0.326 e. The summed E-state index contributed by atoms with van der Waals surface area (Å²) in [5.74, 6) is 1.28. The Morgan fingerprint density at radius 3 is 2.68 bits per heavy atom. The molecule has 0 aliphatic carbocycles. The van der Waals surface area contributed by atoms with Crippen LogP contribution in [-0.2, 0) is 11.2 Å². The normalized spacial score (nSPS) is 17.2. The maximum Gasteiger partial charge on any atom is 0.228 e. The molecule has 0 saturated carbocycles. The van der Waals surface area contributed by atoms with Crippen LogP contribution in [0.5, 0.6) is 0 Å². The van der Waals surface area contributed by atoms with Crippen LogP contribution in [0.3, 0.4) is 0 Å². The van der Waals surface area contributed by atoms with Crippen molar-refractivity contribution >= 4 is 11.6 Å². The number of carbonyl (C=O) groups is 1. The lowest BCUT2D eigenvalue weighted by molar-refractivity contribution is -0.115. The standard InChI is InChI=1S/C16H24N2O/c1-5-17-16(11(4)10(2)3)12-6-7-14-13(8-12)9-15(19)18-14/h6-8,10-11,16-17H,5,9H2,1-4H3,(H,18,19). The molecule has 1 aliphatic heterocycles. The third-order valence-electron chi connectivity index (χ3n) is 4.11. The monoisotopic (exact) mass is 260 g/mol. The van der Waals surface area contributed by atoms with E-state index in [-0.39, 0.29) is 5.91 Å². The smallest absolute Gasteiger partial charge is 0.228 e. The van der Waals surface area contributed by atoms with Gasteiger partial charge < -0.3 is 10.6 Å². The molecule has 1 aliphatic rings. The van der Waals surface area contributed by atoms with Gasteiger partial charge in [-0.25, -0.2) is 0 Å². The molecule has 104 valence electrons. The summed E-state index contributed by atoms with van der Waals surface area (Å²) >= 11 is 0. The summed E-state index contributed by atoms with van der Waals surface area (Å²) in [4.78, 5) is 11.4. The van der Waals surface area contributed by atoms with Crippen LogP contribution < -0.4 is 10.6 Å².